The summed E-state index contributed by atoms with van der Waals surface area (Å²) in [6.07, 6.45) is 25.4. The van der Waals surface area contributed by atoms with Crippen LogP contribution < -0.4 is 0 Å². The summed E-state index contributed by atoms with van der Waals surface area (Å²) >= 11 is 0. The molecule has 0 amide bonds. The van der Waals surface area contributed by atoms with Gasteiger partial charge in [0, 0.05) is 13.3 Å². The van der Waals surface area contributed by atoms with Crippen molar-refractivity contribution in [3.8, 4) is 0 Å². The molecule has 1 aliphatic heterocycles. The van der Waals surface area contributed by atoms with Gasteiger partial charge in [0.2, 0.25) is 0 Å². The molecule has 0 bridgehead atoms. The summed E-state index contributed by atoms with van der Waals surface area (Å²) in [5.41, 5.74) is 0. The Morgan fingerprint density at radius 2 is 1.48 bits per heavy atom. The summed E-state index contributed by atoms with van der Waals surface area (Å²) in [6.45, 7) is 8.23. The Balaban J connectivity index is 1.95. The summed E-state index contributed by atoms with van der Waals surface area (Å²) in [5.74, 6) is 0. The number of nitrogens with zero attached hydrogens (tertiary/aromatic N) is 2. The minimum atomic E-state index is -0.316. The van der Waals surface area contributed by atoms with Crippen molar-refractivity contribution in [3.63, 3.8) is 0 Å². The third kappa shape index (κ3) is 9.38. The fourth-order valence-electron chi connectivity index (χ4n) is 4.31. The number of hydrogen-bond acceptors (Lipinski definition) is 2. The minimum Gasteiger partial charge on any atom is -0.345 e. The first-order valence-electron chi connectivity index (χ1n) is 11.9. The van der Waals surface area contributed by atoms with Crippen LogP contribution in [-0.4, -0.2) is 41.3 Å². The molecule has 3 atom stereocenters. The second-order valence-corrected chi connectivity index (χ2v) is 8.42. The van der Waals surface area contributed by atoms with Gasteiger partial charge in [-0.3, -0.25) is 4.48 Å². The topological polar surface area (TPSA) is 32.6 Å². The molecular formula is C24H47N2O+. The number of quaternary nitrogens is 1. The first-order valence-corrected chi connectivity index (χ1v) is 11.9. The SMILES string of the molecule is CCCCCCCCC/C=C/CCCCCCC1N=CC[N+]1(CC)C(C)O. The molecule has 0 fully saturated rings. The van der Waals surface area contributed by atoms with E-state index in [1.54, 1.807) is 0 Å². The highest BCUT2D eigenvalue weighted by Crippen LogP contribution is 2.26. The van der Waals surface area contributed by atoms with Gasteiger partial charge in [-0.2, -0.15) is 0 Å². The van der Waals surface area contributed by atoms with Gasteiger partial charge < -0.3 is 5.11 Å². The van der Waals surface area contributed by atoms with Crippen molar-refractivity contribution in [2.75, 3.05) is 13.1 Å². The van der Waals surface area contributed by atoms with Gasteiger partial charge in [0.1, 0.15) is 6.54 Å². The van der Waals surface area contributed by atoms with Crippen LogP contribution in [0.2, 0.25) is 0 Å². The maximum absolute atomic E-state index is 10.2. The van der Waals surface area contributed by atoms with Crippen molar-refractivity contribution in [1.29, 1.82) is 0 Å². The summed E-state index contributed by atoms with van der Waals surface area (Å²) in [7, 11) is 0. The number of aliphatic hydroxyl groups excluding tert-OH is 1. The molecule has 1 rings (SSSR count). The third-order valence-electron chi connectivity index (χ3n) is 6.35. The molecule has 1 heterocycles. The number of unbranched alkanes of at least 4 members (excludes halogenated alkanes) is 11. The normalized spacial score (nSPS) is 23.5. The smallest absolute Gasteiger partial charge is 0.189 e. The van der Waals surface area contributed by atoms with E-state index >= 15 is 0 Å². The first-order chi connectivity index (χ1) is 13.2. The molecule has 1 aliphatic rings. The Labute approximate surface area is 169 Å². The van der Waals surface area contributed by atoms with Crippen molar-refractivity contribution in [2.24, 2.45) is 4.99 Å². The van der Waals surface area contributed by atoms with E-state index in [0.717, 1.165) is 24.0 Å². The van der Waals surface area contributed by atoms with Gasteiger partial charge >= 0.3 is 0 Å². The predicted octanol–water partition coefficient (Wildman–Crippen LogP) is 6.61. The largest absolute Gasteiger partial charge is 0.345 e. The summed E-state index contributed by atoms with van der Waals surface area (Å²) in [6, 6.07) is 0. The standard InChI is InChI=1S/C24H47N2O/c1-4-6-7-8-9-10-11-12-13-14-15-16-17-18-19-20-24-25-21-22-26(24,5-2)23(3)27/h13-14,21,23-24,27H,4-12,15-20,22H2,1-3H3/q+1/b14-13+. The van der Waals surface area contributed by atoms with Crippen molar-refractivity contribution in [3.05, 3.63) is 12.2 Å². The molecule has 0 aromatic heterocycles. The fourth-order valence-corrected chi connectivity index (χ4v) is 4.31. The van der Waals surface area contributed by atoms with E-state index in [0.29, 0.717) is 0 Å². The van der Waals surface area contributed by atoms with E-state index < -0.39 is 0 Å². The molecule has 0 aliphatic carbocycles. The number of rotatable bonds is 17. The van der Waals surface area contributed by atoms with Gasteiger partial charge in [-0.15, -0.1) is 0 Å². The van der Waals surface area contributed by atoms with Gasteiger partial charge in [-0.05, 0) is 39.0 Å². The lowest BCUT2D eigenvalue weighted by Gasteiger charge is -2.40. The van der Waals surface area contributed by atoms with E-state index in [9.17, 15) is 5.11 Å². The van der Waals surface area contributed by atoms with Crippen LogP contribution in [0.1, 0.15) is 111 Å². The van der Waals surface area contributed by atoms with Crippen LogP contribution in [0.3, 0.4) is 0 Å². The number of aliphatic hydroxyl groups is 1. The molecule has 0 saturated carbocycles. The van der Waals surface area contributed by atoms with Crippen LogP contribution in [0.15, 0.2) is 17.1 Å². The van der Waals surface area contributed by atoms with E-state index in [2.05, 4.69) is 31.0 Å². The molecule has 1 N–H and O–H groups in total. The summed E-state index contributed by atoms with van der Waals surface area (Å²) < 4.78 is 0.737. The van der Waals surface area contributed by atoms with Crippen molar-refractivity contribution < 1.29 is 9.59 Å². The Hall–Kier alpha value is -0.670. The van der Waals surface area contributed by atoms with Crippen LogP contribution >= 0.6 is 0 Å². The molecule has 158 valence electrons. The van der Waals surface area contributed by atoms with Crippen LogP contribution in [0.4, 0.5) is 0 Å². The van der Waals surface area contributed by atoms with Crippen molar-refractivity contribution in [2.45, 2.75) is 123 Å². The van der Waals surface area contributed by atoms with Crippen LogP contribution in [0.5, 0.6) is 0 Å². The Bertz CT molecular complexity index is 405. The lowest BCUT2D eigenvalue weighted by molar-refractivity contribution is -0.976. The average Bonchev–Trinajstić information content (AvgIpc) is 3.09. The predicted molar refractivity (Wildman–Crippen MR) is 119 cm³/mol. The maximum atomic E-state index is 10.2. The molecule has 27 heavy (non-hydrogen) atoms. The zero-order chi connectivity index (χ0) is 19.8. The Morgan fingerprint density at radius 1 is 0.926 bits per heavy atom. The lowest BCUT2D eigenvalue weighted by Crippen LogP contribution is -2.57. The quantitative estimate of drug-likeness (QED) is 0.172. The summed E-state index contributed by atoms with van der Waals surface area (Å²) in [4.78, 5) is 4.66. The molecule has 3 nitrogen and oxygen atoms in total. The molecule has 3 heteroatoms. The molecule has 0 aromatic carbocycles. The average molecular weight is 380 g/mol. The van der Waals surface area contributed by atoms with Crippen LogP contribution in [0, 0.1) is 0 Å². The number of aliphatic imine (C=N–C) groups is 1. The zero-order valence-corrected chi connectivity index (χ0v) is 18.5. The molecule has 0 spiro atoms. The fraction of sp³-hybridized carbons (Fsp3) is 0.875. The van der Waals surface area contributed by atoms with E-state index in [4.69, 9.17) is 0 Å². The Morgan fingerprint density at radius 3 is 2.04 bits per heavy atom. The zero-order valence-electron chi connectivity index (χ0n) is 18.5. The summed E-state index contributed by atoms with van der Waals surface area (Å²) in [5, 5.41) is 10.2. The third-order valence-corrected chi connectivity index (χ3v) is 6.35. The highest BCUT2D eigenvalue weighted by atomic mass is 16.3. The van der Waals surface area contributed by atoms with E-state index in [1.165, 1.54) is 83.5 Å². The lowest BCUT2D eigenvalue weighted by atomic mass is 10.1. The van der Waals surface area contributed by atoms with Crippen LogP contribution in [0.25, 0.3) is 0 Å². The van der Waals surface area contributed by atoms with E-state index in [1.807, 2.05) is 13.1 Å². The van der Waals surface area contributed by atoms with Gasteiger partial charge in [0.25, 0.3) is 0 Å². The molecule has 0 saturated heterocycles. The van der Waals surface area contributed by atoms with Crippen molar-refractivity contribution >= 4 is 6.21 Å². The van der Waals surface area contributed by atoms with Gasteiger partial charge in [0.15, 0.2) is 12.4 Å². The van der Waals surface area contributed by atoms with Gasteiger partial charge in [0.05, 0.1) is 12.8 Å². The van der Waals surface area contributed by atoms with Gasteiger partial charge in [-0.1, -0.05) is 70.4 Å². The maximum Gasteiger partial charge on any atom is 0.189 e. The molecule has 3 unspecified atom stereocenters. The molecule has 0 radical (unpaired) electrons. The number of hydrogen-bond donors (Lipinski definition) is 1. The highest BCUT2D eigenvalue weighted by Gasteiger charge is 2.41. The molecule has 0 aromatic rings. The highest BCUT2D eigenvalue weighted by molar-refractivity contribution is 5.60. The number of allylic oxidation sites excluding steroid dienone is 2. The second kappa shape index (κ2) is 15.3. The van der Waals surface area contributed by atoms with E-state index in [-0.39, 0.29) is 12.4 Å². The second-order valence-electron chi connectivity index (χ2n) is 8.42. The minimum absolute atomic E-state index is 0.275. The first kappa shape index (κ1) is 24.4. The Kier molecular flexibility index (Phi) is 13.8. The van der Waals surface area contributed by atoms with Gasteiger partial charge in [-0.25, -0.2) is 4.99 Å². The van der Waals surface area contributed by atoms with Crippen LogP contribution in [-0.2, 0) is 0 Å². The monoisotopic (exact) mass is 379 g/mol. The molecular weight excluding hydrogens is 332 g/mol. The van der Waals surface area contributed by atoms with Crippen molar-refractivity contribution in [1.82, 2.24) is 0 Å².